The molecular weight excluding hydrogens is 266 g/mol. The van der Waals surface area contributed by atoms with Crippen LogP contribution in [0.3, 0.4) is 0 Å². The minimum absolute atomic E-state index is 0.205. The molecule has 5 heteroatoms. The second kappa shape index (κ2) is 5.80. The van der Waals surface area contributed by atoms with Gasteiger partial charge in [-0.25, -0.2) is 5.10 Å². The van der Waals surface area contributed by atoms with Gasteiger partial charge in [-0.15, -0.1) is 0 Å². The zero-order chi connectivity index (χ0) is 9.72. The Morgan fingerprint density at radius 1 is 1.50 bits per heavy atom. The monoisotopic (exact) mass is 282 g/mol. The average Bonchev–Trinajstić information content (AvgIpc) is 1.98. The molecule has 0 radical (unpaired) electrons. The number of hydrogen-bond donors (Lipinski definition) is 1. The van der Waals surface area contributed by atoms with E-state index in [-0.39, 0.29) is 5.82 Å². The third-order valence-corrected chi connectivity index (χ3v) is 1.75. The lowest BCUT2D eigenvalue weighted by Gasteiger charge is -2.19. The molecule has 1 unspecified atom stereocenters. The molecule has 0 bridgehead atoms. The maximum absolute atomic E-state index is 9.52. The van der Waals surface area contributed by atoms with Crippen LogP contribution in [-0.4, -0.2) is 34.2 Å². The Morgan fingerprint density at radius 3 is 2.33 bits per heavy atom. The number of rotatable bonds is 4. The molecule has 0 heterocycles. The van der Waals surface area contributed by atoms with Crippen LogP contribution in [-0.2, 0) is 0 Å². The predicted molar refractivity (Wildman–Crippen MR) is 62.8 cm³/mol. The molecule has 12 heavy (non-hydrogen) atoms. The fourth-order valence-corrected chi connectivity index (χ4v) is 0.841. The number of nitrogens with zero attached hydrogens (tertiary/aromatic N) is 2. The molecule has 70 valence electrons. The minimum Gasteiger partial charge on any atom is -0.431 e. The minimum atomic E-state index is -0.489. The Balaban J connectivity index is 3.94. The van der Waals surface area contributed by atoms with Crippen LogP contribution in [0.5, 0.6) is 0 Å². The quantitative estimate of drug-likeness (QED) is 0.279. The van der Waals surface area contributed by atoms with E-state index in [1.807, 2.05) is 27.0 Å². The topological polar surface area (TPSA) is 35.8 Å². The van der Waals surface area contributed by atoms with E-state index >= 15 is 0 Å². The van der Waals surface area contributed by atoms with E-state index in [2.05, 4.69) is 27.7 Å². The predicted octanol–water partition coefficient (Wildman–Crippen LogP) is 1.62. The van der Waals surface area contributed by atoms with E-state index in [1.165, 1.54) is 0 Å². The second-order valence-corrected chi connectivity index (χ2v) is 5.14. The summed E-state index contributed by atoms with van der Waals surface area (Å²) in [6, 6.07) is 0. The normalized spacial score (nSPS) is 13.9. The summed E-state index contributed by atoms with van der Waals surface area (Å²) in [5, 5.41) is 13.6. The lowest BCUT2D eigenvalue weighted by Crippen LogP contribution is -2.34. The Kier molecular flexibility index (Phi) is 5.91. The van der Waals surface area contributed by atoms with Crippen molar-refractivity contribution < 1.29 is 5.02 Å². The summed E-state index contributed by atoms with van der Waals surface area (Å²) in [6.45, 7) is 5.97. The van der Waals surface area contributed by atoms with Gasteiger partial charge in [-0.1, -0.05) is 36.4 Å². The van der Waals surface area contributed by atoms with Gasteiger partial charge < -0.3 is 9.94 Å². The molecule has 0 aliphatic rings. The Hall–Kier alpha value is 0.225. The molecule has 0 aliphatic carbocycles. The Labute approximate surface area is 88.5 Å². The van der Waals surface area contributed by atoms with Crippen molar-refractivity contribution in [3.05, 3.63) is 0 Å². The van der Waals surface area contributed by atoms with Gasteiger partial charge in [0, 0.05) is 17.2 Å². The lowest BCUT2D eigenvalue weighted by molar-refractivity contribution is 0.415. The molecule has 0 aromatic carbocycles. The van der Waals surface area contributed by atoms with E-state index in [0.29, 0.717) is 3.92 Å². The Bertz CT molecular complexity index is 152. The van der Waals surface area contributed by atoms with Crippen LogP contribution >= 0.6 is 22.6 Å². The molecule has 0 fully saturated rings. The average molecular weight is 282 g/mol. The van der Waals surface area contributed by atoms with Gasteiger partial charge in [-0.05, 0) is 12.7 Å². The Morgan fingerprint density at radius 2 is 2.00 bits per heavy atom. The highest BCUT2D eigenvalue weighted by Gasteiger charge is 2.20. The summed E-state index contributed by atoms with van der Waals surface area (Å²) in [5.74, 6) is 0.205. The van der Waals surface area contributed by atoms with Crippen LogP contribution < -0.4 is 0 Å². The summed E-state index contributed by atoms with van der Waals surface area (Å²) in [6.07, 6.45) is 1.81. The molecule has 0 amide bonds. The van der Waals surface area contributed by atoms with Crippen molar-refractivity contribution >= 4 is 35.9 Å². The van der Waals surface area contributed by atoms with Crippen LogP contribution in [0.1, 0.15) is 20.8 Å². The molecule has 0 saturated carbocycles. The number of hydrogen-bond acceptors (Lipinski definition) is 3. The highest BCUT2D eigenvalue weighted by molar-refractivity contribution is 14.1. The van der Waals surface area contributed by atoms with Gasteiger partial charge in [0.2, 0.25) is 0 Å². The summed E-state index contributed by atoms with van der Waals surface area (Å²) in [5.41, 5.74) is 0. The third kappa shape index (κ3) is 4.98. The summed E-state index contributed by atoms with van der Waals surface area (Å²) in [4.78, 5) is 1.58. The lowest BCUT2D eigenvalue weighted by atomic mass is 9.69. The van der Waals surface area contributed by atoms with Gasteiger partial charge >= 0.3 is 7.05 Å². The largest absolute Gasteiger partial charge is 0.432 e. The van der Waals surface area contributed by atoms with Crippen molar-refractivity contribution in [2.45, 2.75) is 30.5 Å². The number of hydrazone groups is 1. The first-order valence-electron chi connectivity index (χ1n) is 4.04. The zero-order valence-electron chi connectivity index (χ0n) is 8.03. The van der Waals surface area contributed by atoms with E-state index in [0.717, 1.165) is 0 Å². The van der Waals surface area contributed by atoms with Gasteiger partial charge in [-0.3, -0.25) is 0 Å². The van der Waals surface area contributed by atoms with Crippen LogP contribution in [0.4, 0.5) is 0 Å². The van der Waals surface area contributed by atoms with E-state index < -0.39 is 7.05 Å². The molecule has 0 aromatic heterocycles. The first kappa shape index (κ1) is 12.2. The van der Waals surface area contributed by atoms with Gasteiger partial charge in [-0.2, -0.15) is 0 Å². The highest BCUT2D eigenvalue weighted by atomic mass is 127. The first-order valence-corrected chi connectivity index (χ1v) is 5.28. The van der Waals surface area contributed by atoms with E-state index in [4.69, 9.17) is 0 Å². The zero-order valence-corrected chi connectivity index (χ0v) is 10.2. The fourth-order valence-electron chi connectivity index (χ4n) is 0.697. The summed E-state index contributed by atoms with van der Waals surface area (Å²) >= 11 is 2.26. The van der Waals surface area contributed by atoms with Crippen LogP contribution in [0.25, 0.3) is 0 Å². The third-order valence-electron chi connectivity index (χ3n) is 1.43. The molecule has 0 saturated heterocycles. The molecular formula is C7H16BIN2O. The van der Waals surface area contributed by atoms with Crippen molar-refractivity contribution in [1.82, 2.24) is 4.92 Å². The fraction of sp³-hybridized carbons (Fsp3) is 0.857. The van der Waals surface area contributed by atoms with Gasteiger partial charge in [0.25, 0.3) is 0 Å². The van der Waals surface area contributed by atoms with Crippen LogP contribution in [0, 0.1) is 0 Å². The number of halogens is 1. The SMILES string of the molecule is CC(I)/C=N\N(C)B(O)C(C)C. The highest BCUT2D eigenvalue weighted by Crippen LogP contribution is 2.07. The van der Waals surface area contributed by atoms with Crippen molar-refractivity contribution in [1.29, 1.82) is 0 Å². The van der Waals surface area contributed by atoms with Crippen molar-refractivity contribution in [3.63, 3.8) is 0 Å². The molecule has 1 N–H and O–H groups in total. The van der Waals surface area contributed by atoms with Crippen molar-refractivity contribution in [3.8, 4) is 0 Å². The standard InChI is InChI=1S/C7H16BIN2O/c1-6(2)8(12)11(4)10-5-7(3)9/h5-7,12H,1-4H3/b10-5-. The molecule has 1 atom stereocenters. The van der Waals surface area contributed by atoms with E-state index in [9.17, 15) is 5.02 Å². The maximum Gasteiger partial charge on any atom is 0.432 e. The molecule has 0 spiro atoms. The molecule has 3 nitrogen and oxygen atoms in total. The second-order valence-electron chi connectivity index (χ2n) is 3.17. The smallest absolute Gasteiger partial charge is 0.431 e. The van der Waals surface area contributed by atoms with Gasteiger partial charge in [0.05, 0.1) is 0 Å². The molecule has 0 rings (SSSR count). The van der Waals surface area contributed by atoms with E-state index in [1.54, 1.807) is 12.0 Å². The first-order chi connectivity index (χ1) is 5.45. The maximum atomic E-state index is 9.52. The summed E-state index contributed by atoms with van der Waals surface area (Å²) in [7, 11) is 1.29. The molecule has 0 aliphatic heterocycles. The summed E-state index contributed by atoms with van der Waals surface area (Å²) < 4.78 is 0.393. The number of alkyl halides is 1. The van der Waals surface area contributed by atoms with Gasteiger partial charge in [0.1, 0.15) is 0 Å². The van der Waals surface area contributed by atoms with Crippen molar-refractivity contribution in [2.75, 3.05) is 7.05 Å². The molecule has 0 aromatic rings. The van der Waals surface area contributed by atoms with Crippen LogP contribution in [0.2, 0.25) is 5.82 Å². The van der Waals surface area contributed by atoms with Crippen LogP contribution in [0.15, 0.2) is 5.10 Å². The van der Waals surface area contributed by atoms with Crippen molar-refractivity contribution in [2.24, 2.45) is 5.10 Å². The van der Waals surface area contributed by atoms with Gasteiger partial charge in [0.15, 0.2) is 0 Å².